The fraction of sp³-hybridized carbons (Fsp3) is 1.00. The predicted octanol–water partition coefficient (Wildman–Crippen LogP) is 2.47. The number of hydrogen-bond acceptors (Lipinski definition) is 2. The average molecular weight is 197 g/mol. The molecule has 0 spiro atoms. The molecule has 0 aromatic rings. The van der Waals surface area contributed by atoms with Crippen molar-refractivity contribution >= 4 is 0 Å². The highest BCUT2D eigenvalue weighted by Crippen LogP contribution is 2.23. The van der Waals surface area contributed by atoms with Crippen LogP contribution in [0.15, 0.2) is 0 Å². The van der Waals surface area contributed by atoms with Crippen LogP contribution in [0.2, 0.25) is 0 Å². The molecule has 0 radical (unpaired) electrons. The maximum absolute atomic E-state index is 5.74. The fourth-order valence-electron chi connectivity index (χ4n) is 2.97. The van der Waals surface area contributed by atoms with Gasteiger partial charge in [-0.15, -0.1) is 0 Å². The van der Waals surface area contributed by atoms with E-state index in [9.17, 15) is 0 Å². The average Bonchev–Trinajstić information content (AvgIpc) is 2.54. The van der Waals surface area contributed by atoms with Crippen LogP contribution in [0, 0.1) is 0 Å². The molecule has 0 bridgehead atoms. The van der Waals surface area contributed by atoms with Crippen molar-refractivity contribution in [1.29, 1.82) is 0 Å². The lowest BCUT2D eigenvalue weighted by Gasteiger charge is -2.34. The van der Waals surface area contributed by atoms with Crippen LogP contribution in [0.4, 0.5) is 0 Å². The molecule has 1 aliphatic heterocycles. The molecule has 2 nitrogen and oxygen atoms in total. The van der Waals surface area contributed by atoms with Gasteiger partial charge in [0.25, 0.3) is 0 Å². The van der Waals surface area contributed by atoms with E-state index in [1.807, 2.05) is 0 Å². The number of nitrogens with one attached hydrogen (secondary N) is 1. The van der Waals surface area contributed by atoms with Crippen molar-refractivity contribution in [3.63, 3.8) is 0 Å². The Hall–Kier alpha value is -0.0800. The van der Waals surface area contributed by atoms with Crippen molar-refractivity contribution in [3.8, 4) is 0 Å². The number of ether oxygens (including phenoxy) is 1. The highest BCUT2D eigenvalue weighted by atomic mass is 16.5. The first-order valence-corrected chi connectivity index (χ1v) is 6.15. The molecule has 0 unspecified atom stereocenters. The second-order valence-corrected chi connectivity index (χ2v) is 5.07. The molecule has 2 aliphatic rings. The molecule has 1 saturated carbocycles. The van der Waals surface area contributed by atoms with E-state index < -0.39 is 0 Å². The van der Waals surface area contributed by atoms with E-state index in [2.05, 4.69) is 19.2 Å². The lowest BCUT2D eigenvalue weighted by Crippen LogP contribution is -2.44. The summed E-state index contributed by atoms with van der Waals surface area (Å²) in [4.78, 5) is 0. The summed E-state index contributed by atoms with van der Waals surface area (Å²) in [6.07, 6.45) is 8.90. The summed E-state index contributed by atoms with van der Waals surface area (Å²) in [5.74, 6) is 0. The third-order valence-electron chi connectivity index (χ3n) is 3.52. The quantitative estimate of drug-likeness (QED) is 0.734. The van der Waals surface area contributed by atoms with Crippen molar-refractivity contribution in [2.75, 3.05) is 0 Å². The lowest BCUT2D eigenvalue weighted by atomic mass is 9.99. The second-order valence-electron chi connectivity index (χ2n) is 5.07. The van der Waals surface area contributed by atoms with Gasteiger partial charge in [0.1, 0.15) is 0 Å². The van der Waals surface area contributed by atoms with Gasteiger partial charge in [0.05, 0.1) is 12.2 Å². The Morgan fingerprint density at radius 2 is 1.50 bits per heavy atom. The summed E-state index contributed by atoms with van der Waals surface area (Å²) < 4.78 is 5.74. The van der Waals surface area contributed by atoms with Gasteiger partial charge in [0.15, 0.2) is 0 Å². The van der Waals surface area contributed by atoms with E-state index >= 15 is 0 Å². The van der Waals surface area contributed by atoms with Crippen LogP contribution in [-0.2, 0) is 4.74 Å². The Labute approximate surface area is 87.4 Å². The van der Waals surface area contributed by atoms with Crippen LogP contribution in [0.5, 0.6) is 0 Å². The summed E-state index contributed by atoms with van der Waals surface area (Å²) in [6.45, 7) is 4.39. The van der Waals surface area contributed by atoms with E-state index in [-0.39, 0.29) is 0 Å². The molecule has 2 atom stereocenters. The largest absolute Gasteiger partial charge is 0.375 e. The van der Waals surface area contributed by atoms with Gasteiger partial charge in [-0.05, 0) is 39.5 Å². The fourth-order valence-corrected chi connectivity index (χ4v) is 2.97. The van der Waals surface area contributed by atoms with Gasteiger partial charge in [-0.1, -0.05) is 12.8 Å². The van der Waals surface area contributed by atoms with Gasteiger partial charge in [0.2, 0.25) is 0 Å². The molecule has 2 heteroatoms. The minimum Gasteiger partial charge on any atom is -0.375 e. The Kier molecular flexibility index (Phi) is 3.45. The first-order chi connectivity index (χ1) is 6.74. The second kappa shape index (κ2) is 4.63. The van der Waals surface area contributed by atoms with Crippen LogP contribution in [0.3, 0.4) is 0 Å². The molecule has 2 fully saturated rings. The summed E-state index contributed by atoms with van der Waals surface area (Å²) in [5, 5.41) is 3.80. The van der Waals surface area contributed by atoms with Crippen LogP contribution in [-0.4, -0.2) is 24.3 Å². The van der Waals surface area contributed by atoms with Crippen molar-refractivity contribution in [2.45, 2.75) is 76.7 Å². The predicted molar refractivity (Wildman–Crippen MR) is 58.4 cm³/mol. The maximum atomic E-state index is 5.74. The van der Waals surface area contributed by atoms with Gasteiger partial charge >= 0.3 is 0 Å². The molecular weight excluding hydrogens is 174 g/mol. The summed E-state index contributed by atoms with van der Waals surface area (Å²) in [6, 6.07) is 1.51. The van der Waals surface area contributed by atoms with Gasteiger partial charge in [-0.3, -0.25) is 0 Å². The highest BCUT2D eigenvalue weighted by Gasteiger charge is 2.26. The van der Waals surface area contributed by atoms with Crippen LogP contribution in [0.25, 0.3) is 0 Å². The molecule has 1 heterocycles. The third kappa shape index (κ3) is 2.71. The summed E-state index contributed by atoms with van der Waals surface area (Å²) in [5.41, 5.74) is 0. The van der Waals surface area contributed by atoms with Crippen molar-refractivity contribution in [2.24, 2.45) is 0 Å². The van der Waals surface area contributed by atoms with E-state index in [4.69, 9.17) is 4.74 Å². The van der Waals surface area contributed by atoms with Gasteiger partial charge in [0, 0.05) is 12.1 Å². The van der Waals surface area contributed by atoms with E-state index in [1.165, 1.54) is 38.5 Å². The first-order valence-electron chi connectivity index (χ1n) is 6.15. The zero-order valence-electron chi connectivity index (χ0n) is 9.46. The molecular formula is C12H23NO. The van der Waals surface area contributed by atoms with Gasteiger partial charge in [-0.2, -0.15) is 0 Å². The molecule has 0 aromatic carbocycles. The van der Waals surface area contributed by atoms with E-state index in [0.29, 0.717) is 18.2 Å². The van der Waals surface area contributed by atoms with Crippen LogP contribution < -0.4 is 5.32 Å². The third-order valence-corrected chi connectivity index (χ3v) is 3.52. The normalized spacial score (nSPS) is 40.3. The number of rotatable bonds is 2. The standard InChI is InChI=1S/C12H23NO/c1-9-7-12(8-10(2)14-9)13-11-5-3-4-6-11/h9-13H,3-8H2,1-2H3/t9-,10-/m0/s1. The van der Waals surface area contributed by atoms with Crippen LogP contribution >= 0.6 is 0 Å². The van der Waals surface area contributed by atoms with Gasteiger partial charge in [-0.25, -0.2) is 0 Å². The smallest absolute Gasteiger partial charge is 0.0565 e. The molecule has 2 rings (SSSR count). The summed E-state index contributed by atoms with van der Waals surface area (Å²) in [7, 11) is 0. The molecule has 0 amide bonds. The van der Waals surface area contributed by atoms with Crippen molar-refractivity contribution in [3.05, 3.63) is 0 Å². The topological polar surface area (TPSA) is 21.3 Å². The molecule has 0 aromatic heterocycles. The molecule has 1 saturated heterocycles. The van der Waals surface area contributed by atoms with E-state index in [0.717, 1.165) is 6.04 Å². The zero-order valence-corrected chi connectivity index (χ0v) is 9.46. The number of hydrogen-bond donors (Lipinski definition) is 1. The molecule has 1 N–H and O–H groups in total. The van der Waals surface area contributed by atoms with Crippen LogP contribution in [0.1, 0.15) is 52.4 Å². The monoisotopic (exact) mass is 197 g/mol. The van der Waals surface area contributed by atoms with Crippen molar-refractivity contribution < 1.29 is 4.74 Å². The Balaban J connectivity index is 1.78. The Bertz CT molecular complexity index is 167. The minimum atomic E-state index is 0.442. The van der Waals surface area contributed by atoms with E-state index in [1.54, 1.807) is 0 Å². The Morgan fingerprint density at radius 1 is 0.929 bits per heavy atom. The first kappa shape index (κ1) is 10.4. The minimum absolute atomic E-state index is 0.442. The molecule has 14 heavy (non-hydrogen) atoms. The lowest BCUT2D eigenvalue weighted by molar-refractivity contribution is -0.0434. The Morgan fingerprint density at radius 3 is 2.07 bits per heavy atom. The summed E-state index contributed by atoms with van der Waals surface area (Å²) >= 11 is 0. The van der Waals surface area contributed by atoms with Crippen molar-refractivity contribution in [1.82, 2.24) is 5.32 Å². The van der Waals surface area contributed by atoms with Gasteiger partial charge < -0.3 is 10.1 Å². The molecule has 1 aliphatic carbocycles. The molecule has 82 valence electrons. The highest BCUT2D eigenvalue weighted by molar-refractivity contribution is 4.83. The zero-order chi connectivity index (χ0) is 9.97. The SMILES string of the molecule is C[C@H]1CC(NC2CCCC2)C[C@H](C)O1. The maximum Gasteiger partial charge on any atom is 0.0565 e.